The lowest BCUT2D eigenvalue weighted by molar-refractivity contribution is -0.158. The lowest BCUT2D eigenvalue weighted by atomic mass is 10.3. The largest absolute Gasteiger partial charge is 0.480 e. The molecule has 11 heteroatoms. The first-order valence-corrected chi connectivity index (χ1v) is 8.13. The summed E-state index contributed by atoms with van der Waals surface area (Å²) in [5.74, 6) is -0.765. The summed E-state index contributed by atoms with van der Waals surface area (Å²) in [4.78, 5) is 13.3. The van der Waals surface area contributed by atoms with Crippen molar-refractivity contribution >= 4 is 20.8 Å². The molecule has 0 saturated heterocycles. The van der Waals surface area contributed by atoms with Crippen molar-refractivity contribution in [2.45, 2.75) is 24.8 Å². The van der Waals surface area contributed by atoms with Gasteiger partial charge in [0.25, 0.3) is 0 Å². The third-order valence-electron chi connectivity index (χ3n) is 2.58. The van der Waals surface area contributed by atoms with Crippen LogP contribution in [0.3, 0.4) is 0 Å². The fourth-order valence-corrected chi connectivity index (χ4v) is 2.83. The third-order valence-corrected chi connectivity index (χ3v) is 3.96. The Bertz CT molecular complexity index is 599. The van der Waals surface area contributed by atoms with Crippen molar-refractivity contribution in [3.8, 4) is 11.5 Å². The fraction of sp³-hybridized carbons (Fsp3) is 0.500. The van der Waals surface area contributed by atoms with E-state index in [0.717, 1.165) is 6.07 Å². The van der Waals surface area contributed by atoms with Crippen LogP contribution in [-0.2, 0) is 4.79 Å². The smallest absolute Gasteiger partial charge is 0.422 e. The van der Waals surface area contributed by atoms with Crippen LogP contribution in [0.2, 0.25) is 6.04 Å². The lowest BCUT2D eigenvalue weighted by Crippen LogP contribution is -2.26. The minimum Gasteiger partial charge on any atom is -0.480 e. The highest BCUT2D eigenvalue weighted by atomic mass is 28.2. The van der Waals surface area contributed by atoms with E-state index in [0.29, 0.717) is 17.7 Å². The average molecular weight is 385 g/mol. The molecule has 0 saturated carbocycles. The molecule has 0 N–H and O–H groups in total. The van der Waals surface area contributed by atoms with Gasteiger partial charge in [0, 0.05) is 0 Å². The van der Waals surface area contributed by atoms with Gasteiger partial charge >= 0.3 is 12.4 Å². The number of hydrogen-bond donors (Lipinski definition) is 0. The normalized spacial score (nSPS) is 11.8. The number of benzene rings is 1. The first-order chi connectivity index (χ1) is 11.6. The Balaban J connectivity index is 2.90. The molecule has 4 nitrogen and oxygen atoms in total. The zero-order valence-electron chi connectivity index (χ0n) is 12.7. The number of aliphatic imine (C=N–C) groups is 1. The van der Waals surface area contributed by atoms with E-state index in [1.54, 1.807) is 0 Å². The van der Waals surface area contributed by atoms with Crippen molar-refractivity contribution in [3.05, 3.63) is 18.2 Å². The lowest BCUT2D eigenvalue weighted by Gasteiger charge is -2.18. The van der Waals surface area contributed by atoms with E-state index in [-0.39, 0.29) is 21.8 Å². The zero-order chi connectivity index (χ0) is 18.9. The van der Waals surface area contributed by atoms with Crippen molar-refractivity contribution in [3.63, 3.8) is 0 Å². The number of isocyanates is 1. The highest BCUT2D eigenvalue weighted by Crippen LogP contribution is 2.29. The molecule has 0 heterocycles. The second kappa shape index (κ2) is 9.47. The van der Waals surface area contributed by atoms with E-state index in [2.05, 4.69) is 14.5 Å². The number of nitrogens with zero attached hydrogens (tertiary/aromatic N) is 1. The van der Waals surface area contributed by atoms with Gasteiger partial charge in [-0.2, -0.15) is 26.3 Å². The Morgan fingerprint density at radius 1 is 1.04 bits per heavy atom. The molecule has 25 heavy (non-hydrogen) atoms. The molecule has 0 amide bonds. The predicted octanol–water partition coefficient (Wildman–Crippen LogP) is 3.04. The molecule has 0 aromatic heterocycles. The SMILES string of the molecule is O=C=NCCC[Si]c1cccc(OCC(F)(F)F)c1OCC(F)(F)F. The molecule has 0 aliphatic rings. The van der Waals surface area contributed by atoms with Crippen LogP contribution in [0.1, 0.15) is 6.42 Å². The van der Waals surface area contributed by atoms with Crippen LogP contribution >= 0.6 is 0 Å². The second-order valence-electron chi connectivity index (χ2n) is 4.69. The van der Waals surface area contributed by atoms with Gasteiger partial charge in [-0.3, -0.25) is 0 Å². The molecule has 0 spiro atoms. The van der Waals surface area contributed by atoms with Crippen molar-refractivity contribution < 1.29 is 40.6 Å². The van der Waals surface area contributed by atoms with Gasteiger partial charge < -0.3 is 9.47 Å². The molecule has 0 fully saturated rings. The van der Waals surface area contributed by atoms with E-state index in [1.165, 1.54) is 18.2 Å². The summed E-state index contributed by atoms with van der Waals surface area (Å²) in [6.45, 7) is -3.08. The second-order valence-corrected chi connectivity index (χ2v) is 6.09. The van der Waals surface area contributed by atoms with Gasteiger partial charge in [-0.25, -0.2) is 9.79 Å². The molecule has 2 radical (unpaired) electrons. The summed E-state index contributed by atoms with van der Waals surface area (Å²) >= 11 is 0. The van der Waals surface area contributed by atoms with Crippen LogP contribution in [0.15, 0.2) is 23.2 Å². The van der Waals surface area contributed by atoms with Crippen molar-refractivity contribution in [2.24, 2.45) is 4.99 Å². The quantitative estimate of drug-likeness (QED) is 0.216. The van der Waals surface area contributed by atoms with Gasteiger partial charge in [0.15, 0.2) is 24.7 Å². The minimum atomic E-state index is -4.64. The van der Waals surface area contributed by atoms with Crippen LogP contribution in [0.5, 0.6) is 11.5 Å². The summed E-state index contributed by atoms with van der Waals surface area (Å²) in [7, 11) is -0.0481. The van der Waals surface area contributed by atoms with E-state index in [9.17, 15) is 31.1 Å². The standard InChI is InChI=1S/C14H13F6NO3Si/c15-13(16,17)7-23-10-3-1-4-11(25-6-2-5-21-9-22)12(10)24-8-14(18,19)20/h1,3-4H,2,5-8H2. The van der Waals surface area contributed by atoms with Crippen molar-refractivity contribution in [1.29, 1.82) is 0 Å². The molecule has 0 aliphatic carbocycles. The van der Waals surface area contributed by atoms with Crippen LogP contribution in [-0.4, -0.2) is 47.7 Å². The summed E-state index contributed by atoms with van der Waals surface area (Å²) in [6.07, 6.45) is -7.45. The monoisotopic (exact) mass is 385 g/mol. The molecule has 0 unspecified atom stereocenters. The molecular weight excluding hydrogens is 372 g/mol. The molecule has 1 aromatic carbocycles. The fourth-order valence-electron chi connectivity index (χ4n) is 1.66. The number of carbonyl (C=O) groups excluding carboxylic acids is 1. The highest BCUT2D eigenvalue weighted by Gasteiger charge is 2.31. The molecule has 0 bridgehead atoms. The first-order valence-electron chi connectivity index (χ1n) is 6.92. The van der Waals surface area contributed by atoms with E-state index < -0.39 is 31.3 Å². The van der Waals surface area contributed by atoms with Gasteiger partial charge in [-0.05, 0) is 17.7 Å². The van der Waals surface area contributed by atoms with Gasteiger partial charge in [-0.15, -0.1) is 0 Å². The highest BCUT2D eigenvalue weighted by molar-refractivity contribution is 6.54. The Morgan fingerprint density at radius 2 is 1.68 bits per heavy atom. The van der Waals surface area contributed by atoms with Gasteiger partial charge in [0.05, 0.1) is 16.1 Å². The van der Waals surface area contributed by atoms with E-state index >= 15 is 0 Å². The topological polar surface area (TPSA) is 47.9 Å². The predicted molar refractivity (Wildman–Crippen MR) is 77.3 cm³/mol. The maximum absolute atomic E-state index is 12.4. The van der Waals surface area contributed by atoms with E-state index in [4.69, 9.17) is 0 Å². The summed E-state index contributed by atoms with van der Waals surface area (Å²) in [6, 6.07) is 4.41. The third kappa shape index (κ3) is 9.15. The maximum atomic E-state index is 12.4. The van der Waals surface area contributed by atoms with Crippen molar-refractivity contribution in [1.82, 2.24) is 0 Å². The molecular formula is C14H13F6NO3Si. The van der Waals surface area contributed by atoms with Gasteiger partial charge in [0.1, 0.15) is 0 Å². The summed E-state index contributed by atoms with van der Waals surface area (Å²) < 4.78 is 83.2. The Morgan fingerprint density at radius 3 is 2.28 bits per heavy atom. The number of ether oxygens (including phenoxy) is 2. The van der Waals surface area contributed by atoms with Crippen molar-refractivity contribution in [2.75, 3.05) is 19.8 Å². The molecule has 0 atom stereocenters. The first kappa shape index (κ1) is 21.0. The molecule has 1 aromatic rings. The minimum absolute atomic E-state index is 0.0481. The Labute approximate surface area is 141 Å². The molecule has 138 valence electrons. The Kier molecular flexibility index (Phi) is 7.97. The van der Waals surface area contributed by atoms with Crippen LogP contribution in [0.4, 0.5) is 26.3 Å². The number of rotatable bonds is 9. The number of halogens is 6. The zero-order valence-corrected chi connectivity index (χ0v) is 13.7. The molecule has 1 rings (SSSR count). The van der Waals surface area contributed by atoms with Crippen LogP contribution in [0.25, 0.3) is 0 Å². The maximum Gasteiger partial charge on any atom is 0.422 e. The van der Waals surface area contributed by atoms with Gasteiger partial charge in [-0.1, -0.05) is 18.2 Å². The van der Waals surface area contributed by atoms with Crippen LogP contribution in [0, 0.1) is 0 Å². The summed E-state index contributed by atoms with van der Waals surface area (Å²) in [5.41, 5.74) is 0. The Hall–Kier alpha value is -2.00. The summed E-state index contributed by atoms with van der Waals surface area (Å²) in [5, 5.41) is 0.305. The van der Waals surface area contributed by atoms with Crippen LogP contribution < -0.4 is 14.7 Å². The number of para-hydroxylation sites is 1. The number of alkyl halides is 6. The van der Waals surface area contributed by atoms with Gasteiger partial charge in [0.2, 0.25) is 6.08 Å². The molecule has 0 aliphatic heterocycles. The number of hydrogen-bond acceptors (Lipinski definition) is 4. The van der Waals surface area contributed by atoms with E-state index in [1.807, 2.05) is 0 Å². The average Bonchev–Trinajstić information content (AvgIpc) is 2.50.